The fourth-order valence-corrected chi connectivity index (χ4v) is 2.71. The van der Waals surface area contributed by atoms with Gasteiger partial charge < -0.3 is 15.0 Å². The first-order valence-electron chi connectivity index (χ1n) is 8.51. The highest BCUT2D eigenvalue weighted by atomic mass is 19.1. The van der Waals surface area contributed by atoms with Crippen LogP contribution in [-0.2, 0) is 11.2 Å². The van der Waals surface area contributed by atoms with Crippen LogP contribution in [-0.4, -0.2) is 54.5 Å². The Hall–Kier alpha value is -2.80. The van der Waals surface area contributed by atoms with Gasteiger partial charge in [-0.25, -0.2) is 9.37 Å². The van der Waals surface area contributed by atoms with Crippen molar-refractivity contribution < 1.29 is 18.7 Å². The van der Waals surface area contributed by atoms with Gasteiger partial charge in [0.1, 0.15) is 17.2 Å². The van der Waals surface area contributed by atoms with Crippen LogP contribution < -0.4 is 5.32 Å². The third-order valence-electron chi connectivity index (χ3n) is 4.14. The van der Waals surface area contributed by atoms with Gasteiger partial charge in [0.05, 0.1) is 13.2 Å². The molecule has 0 radical (unpaired) electrons. The molecule has 1 N–H and O–H groups in total. The van der Waals surface area contributed by atoms with Gasteiger partial charge in [0.2, 0.25) is 0 Å². The van der Waals surface area contributed by atoms with Crippen molar-refractivity contribution in [2.24, 2.45) is 0 Å². The Balaban J connectivity index is 1.59. The van der Waals surface area contributed by atoms with Gasteiger partial charge in [0, 0.05) is 19.6 Å². The van der Waals surface area contributed by atoms with E-state index < -0.39 is 5.91 Å². The molecule has 7 heteroatoms. The monoisotopic (exact) mass is 357 g/mol. The minimum Gasteiger partial charge on any atom is -0.378 e. The number of halogens is 1. The Bertz CT molecular complexity index is 791. The maximum atomic E-state index is 13.6. The largest absolute Gasteiger partial charge is 0.378 e. The number of morpholine rings is 1. The molecule has 1 aliphatic rings. The first kappa shape index (κ1) is 18.0. The summed E-state index contributed by atoms with van der Waals surface area (Å²) in [5.41, 5.74) is 0.934. The molecule has 136 valence electrons. The van der Waals surface area contributed by atoms with E-state index >= 15 is 0 Å². The van der Waals surface area contributed by atoms with Crippen LogP contribution in [0.25, 0.3) is 0 Å². The minimum absolute atomic E-state index is 0.164. The number of benzene rings is 1. The summed E-state index contributed by atoms with van der Waals surface area (Å²) in [6, 6.07) is 11.2. The van der Waals surface area contributed by atoms with Crippen molar-refractivity contribution in [2.75, 3.05) is 32.8 Å². The fraction of sp³-hybridized carbons (Fsp3) is 0.316. The number of rotatable bonds is 5. The highest BCUT2D eigenvalue weighted by Gasteiger charge is 2.20. The van der Waals surface area contributed by atoms with E-state index in [1.54, 1.807) is 41.3 Å². The normalized spacial score (nSPS) is 14.1. The third kappa shape index (κ3) is 4.43. The molecule has 3 rings (SSSR count). The Labute approximate surface area is 151 Å². The summed E-state index contributed by atoms with van der Waals surface area (Å²) in [6.07, 6.45) is 0.380. The quantitative estimate of drug-likeness (QED) is 0.884. The summed E-state index contributed by atoms with van der Waals surface area (Å²) in [5, 5.41) is 2.71. The first-order chi connectivity index (χ1) is 12.6. The Morgan fingerprint density at radius 3 is 2.58 bits per heavy atom. The molecule has 2 aromatic rings. The molecule has 6 nitrogen and oxygen atoms in total. The lowest BCUT2D eigenvalue weighted by molar-refractivity contribution is 0.0299. The standard InChI is InChI=1S/C19H20FN3O3/c20-15-5-2-1-4-14(15)8-9-21-18(24)16-6-3-7-17(22-16)19(25)23-10-12-26-13-11-23/h1-7H,8-13H2,(H,21,24). The molecule has 1 aliphatic heterocycles. The van der Waals surface area contributed by atoms with Crippen molar-refractivity contribution in [3.8, 4) is 0 Å². The number of nitrogens with zero attached hydrogens (tertiary/aromatic N) is 2. The number of nitrogens with one attached hydrogen (secondary N) is 1. The predicted octanol–water partition coefficient (Wildman–Crippen LogP) is 1.67. The zero-order chi connectivity index (χ0) is 18.4. The predicted molar refractivity (Wildman–Crippen MR) is 93.4 cm³/mol. The SMILES string of the molecule is O=C(NCCc1ccccc1F)c1cccc(C(=O)N2CCOCC2)n1. The highest BCUT2D eigenvalue weighted by Crippen LogP contribution is 2.08. The van der Waals surface area contributed by atoms with Crippen LogP contribution in [0, 0.1) is 5.82 Å². The minimum atomic E-state index is -0.391. The second-order valence-corrected chi connectivity index (χ2v) is 5.91. The number of carbonyl (C=O) groups excluding carboxylic acids is 2. The molecule has 0 atom stereocenters. The molecule has 0 saturated carbocycles. The zero-order valence-electron chi connectivity index (χ0n) is 14.3. The lowest BCUT2D eigenvalue weighted by atomic mass is 10.1. The van der Waals surface area contributed by atoms with E-state index in [0.29, 0.717) is 38.3 Å². The van der Waals surface area contributed by atoms with Crippen molar-refractivity contribution in [1.82, 2.24) is 15.2 Å². The third-order valence-corrected chi connectivity index (χ3v) is 4.14. The topological polar surface area (TPSA) is 71.5 Å². The van der Waals surface area contributed by atoms with E-state index in [0.717, 1.165) is 0 Å². The maximum absolute atomic E-state index is 13.6. The number of carbonyl (C=O) groups is 2. The average molecular weight is 357 g/mol. The van der Waals surface area contributed by atoms with E-state index in [1.165, 1.54) is 6.07 Å². The van der Waals surface area contributed by atoms with Gasteiger partial charge >= 0.3 is 0 Å². The molecule has 2 heterocycles. The molecular weight excluding hydrogens is 337 g/mol. The second kappa shape index (κ2) is 8.53. The Morgan fingerprint density at radius 2 is 1.81 bits per heavy atom. The van der Waals surface area contributed by atoms with Crippen molar-refractivity contribution >= 4 is 11.8 Å². The molecule has 1 aromatic carbocycles. The lowest BCUT2D eigenvalue weighted by Crippen LogP contribution is -2.41. The molecule has 1 aromatic heterocycles. The molecule has 0 bridgehead atoms. The van der Waals surface area contributed by atoms with E-state index in [9.17, 15) is 14.0 Å². The van der Waals surface area contributed by atoms with Crippen LogP contribution >= 0.6 is 0 Å². The number of amides is 2. The number of aromatic nitrogens is 1. The lowest BCUT2D eigenvalue weighted by Gasteiger charge is -2.26. The zero-order valence-corrected chi connectivity index (χ0v) is 14.3. The van der Waals surface area contributed by atoms with E-state index in [2.05, 4.69) is 10.3 Å². The summed E-state index contributed by atoms with van der Waals surface area (Å²) < 4.78 is 18.8. The smallest absolute Gasteiger partial charge is 0.272 e. The van der Waals surface area contributed by atoms with Crippen molar-refractivity contribution in [2.45, 2.75) is 6.42 Å². The number of hydrogen-bond acceptors (Lipinski definition) is 4. The van der Waals surface area contributed by atoms with Crippen LogP contribution in [0.3, 0.4) is 0 Å². The van der Waals surface area contributed by atoms with Gasteiger partial charge in [-0.05, 0) is 30.2 Å². The molecule has 0 unspecified atom stereocenters. The Kier molecular flexibility index (Phi) is 5.91. The van der Waals surface area contributed by atoms with Crippen molar-refractivity contribution in [3.05, 3.63) is 65.2 Å². The molecular formula is C19H20FN3O3. The highest BCUT2D eigenvalue weighted by molar-refractivity contribution is 5.96. The van der Waals surface area contributed by atoms with E-state index in [4.69, 9.17) is 4.74 Å². The van der Waals surface area contributed by atoms with Gasteiger partial charge in [0.15, 0.2) is 0 Å². The van der Waals surface area contributed by atoms with Gasteiger partial charge in [-0.15, -0.1) is 0 Å². The van der Waals surface area contributed by atoms with E-state index in [1.807, 2.05) is 0 Å². The maximum Gasteiger partial charge on any atom is 0.272 e. The molecule has 1 fully saturated rings. The molecule has 26 heavy (non-hydrogen) atoms. The van der Waals surface area contributed by atoms with E-state index in [-0.39, 0.29) is 29.7 Å². The van der Waals surface area contributed by atoms with Crippen molar-refractivity contribution in [1.29, 1.82) is 0 Å². The van der Waals surface area contributed by atoms with Gasteiger partial charge in [-0.1, -0.05) is 24.3 Å². The van der Waals surface area contributed by atoms with Crippen LogP contribution in [0.2, 0.25) is 0 Å². The summed E-state index contributed by atoms with van der Waals surface area (Å²) in [5.74, 6) is -0.898. The summed E-state index contributed by atoms with van der Waals surface area (Å²) in [6.45, 7) is 2.31. The van der Waals surface area contributed by atoms with Crippen LogP contribution in [0.15, 0.2) is 42.5 Å². The molecule has 0 spiro atoms. The van der Waals surface area contributed by atoms with Crippen LogP contribution in [0.5, 0.6) is 0 Å². The summed E-state index contributed by atoms with van der Waals surface area (Å²) in [4.78, 5) is 30.5. The fourth-order valence-electron chi connectivity index (χ4n) is 2.71. The first-order valence-corrected chi connectivity index (χ1v) is 8.51. The second-order valence-electron chi connectivity index (χ2n) is 5.91. The molecule has 0 aliphatic carbocycles. The van der Waals surface area contributed by atoms with Gasteiger partial charge in [-0.3, -0.25) is 9.59 Å². The summed E-state index contributed by atoms with van der Waals surface area (Å²) >= 11 is 0. The number of pyridine rings is 1. The Morgan fingerprint density at radius 1 is 1.08 bits per heavy atom. The van der Waals surface area contributed by atoms with Crippen LogP contribution in [0.4, 0.5) is 4.39 Å². The molecule has 2 amide bonds. The average Bonchev–Trinajstić information content (AvgIpc) is 2.69. The summed E-state index contributed by atoms with van der Waals surface area (Å²) in [7, 11) is 0. The van der Waals surface area contributed by atoms with Crippen LogP contribution in [0.1, 0.15) is 26.5 Å². The number of hydrogen-bond donors (Lipinski definition) is 1. The molecule has 1 saturated heterocycles. The number of ether oxygens (including phenoxy) is 1. The van der Waals surface area contributed by atoms with Gasteiger partial charge in [-0.2, -0.15) is 0 Å². The van der Waals surface area contributed by atoms with Crippen molar-refractivity contribution in [3.63, 3.8) is 0 Å². The van der Waals surface area contributed by atoms with Gasteiger partial charge in [0.25, 0.3) is 11.8 Å².